The molecule has 0 saturated carbocycles. The third kappa shape index (κ3) is 4.06. The Bertz CT molecular complexity index is 783. The standard InChI is InChI=1S/C21H26N4O2/c1-23-11-9-17(14-23)16-27-21(26)25-13-12-24(15-18-6-4-5-10-22-18)19-7-2-3-8-20(19)25/h2-8,10,17H,9,11-16H2,1H3. The van der Waals surface area contributed by atoms with Crippen LogP contribution in [-0.4, -0.2) is 55.8 Å². The van der Waals surface area contributed by atoms with Crippen LogP contribution in [0.2, 0.25) is 0 Å². The van der Waals surface area contributed by atoms with Gasteiger partial charge < -0.3 is 14.5 Å². The molecular formula is C21H26N4O2. The first kappa shape index (κ1) is 17.8. The average Bonchev–Trinajstić information content (AvgIpc) is 3.12. The number of aromatic nitrogens is 1. The maximum Gasteiger partial charge on any atom is 0.414 e. The predicted octanol–water partition coefficient (Wildman–Crippen LogP) is 3.00. The van der Waals surface area contributed by atoms with Gasteiger partial charge in [-0.05, 0) is 44.3 Å². The van der Waals surface area contributed by atoms with Crippen molar-refractivity contribution in [3.63, 3.8) is 0 Å². The van der Waals surface area contributed by atoms with Gasteiger partial charge in [0.05, 0.1) is 30.2 Å². The van der Waals surface area contributed by atoms with Gasteiger partial charge in [-0.1, -0.05) is 18.2 Å². The number of pyridine rings is 1. The minimum Gasteiger partial charge on any atom is -0.449 e. The molecule has 3 heterocycles. The van der Waals surface area contributed by atoms with Gasteiger partial charge in [-0.15, -0.1) is 0 Å². The molecular weight excluding hydrogens is 340 g/mol. The van der Waals surface area contributed by atoms with Crippen LogP contribution in [0.1, 0.15) is 12.1 Å². The summed E-state index contributed by atoms with van der Waals surface area (Å²) in [4.78, 5) is 23.5. The monoisotopic (exact) mass is 366 g/mol. The minimum atomic E-state index is -0.241. The van der Waals surface area contributed by atoms with Gasteiger partial charge in [0.15, 0.2) is 0 Å². The van der Waals surface area contributed by atoms with Crippen molar-refractivity contribution in [2.24, 2.45) is 5.92 Å². The first-order chi connectivity index (χ1) is 13.2. The number of likely N-dealkylation sites (tertiary alicyclic amines) is 1. The molecule has 0 radical (unpaired) electrons. The molecule has 6 nitrogen and oxygen atoms in total. The fourth-order valence-electron chi connectivity index (χ4n) is 3.89. The normalized spacial score (nSPS) is 19.8. The third-order valence-corrected chi connectivity index (χ3v) is 5.34. The topological polar surface area (TPSA) is 48.9 Å². The molecule has 4 rings (SSSR count). The van der Waals surface area contributed by atoms with Gasteiger partial charge in [0.1, 0.15) is 0 Å². The van der Waals surface area contributed by atoms with Crippen LogP contribution in [0.15, 0.2) is 48.7 Å². The molecule has 0 N–H and O–H groups in total. The van der Waals surface area contributed by atoms with Gasteiger partial charge in [0.2, 0.25) is 0 Å². The third-order valence-electron chi connectivity index (χ3n) is 5.34. The summed E-state index contributed by atoms with van der Waals surface area (Å²) < 4.78 is 5.65. The zero-order chi connectivity index (χ0) is 18.6. The summed E-state index contributed by atoms with van der Waals surface area (Å²) in [6.45, 7) is 4.69. The van der Waals surface area contributed by atoms with Crippen molar-refractivity contribution in [3.05, 3.63) is 54.4 Å². The van der Waals surface area contributed by atoms with Crippen molar-refractivity contribution in [1.82, 2.24) is 9.88 Å². The largest absolute Gasteiger partial charge is 0.449 e. The molecule has 0 spiro atoms. The van der Waals surface area contributed by atoms with Crippen LogP contribution in [0, 0.1) is 5.92 Å². The van der Waals surface area contributed by atoms with E-state index in [-0.39, 0.29) is 6.09 Å². The van der Waals surface area contributed by atoms with Crippen molar-refractivity contribution < 1.29 is 9.53 Å². The first-order valence-corrected chi connectivity index (χ1v) is 9.57. The van der Waals surface area contributed by atoms with Gasteiger partial charge in [0, 0.05) is 31.7 Å². The number of fused-ring (bicyclic) bond motifs is 1. The van der Waals surface area contributed by atoms with E-state index in [1.165, 1.54) is 0 Å². The SMILES string of the molecule is CN1CCC(COC(=O)N2CCN(Cc3ccccn3)c3ccccc32)C1. The number of hydrogen-bond acceptors (Lipinski definition) is 5. The number of benzene rings is 1. The molecule has 1 unspecified atom stereocenters. The van der Waals surface area contributed by atoms with E-state index in [1.807, 2.05) is 42.6 Å². The molecule has 27 heavy (non-hydrogen) atoms. The Labute approximate surface area is 160 Å². The van der Waals surface area contributed by atoms with Crippen LogP contribution < -0.4 is 9.80 Å². The fourth-order valence-corrected chi connectivity index (χ4v) is 3.89. The molecule has 0 bridgehead atoms. The van der Waals surface area contributed by atoms with E-state index in [0.717, 1.165) is 49.7 Å². The Balaban J connectivity index is 1.45. The van der Waals surface area contributed by atoms with E-state index in [1.54, 1.807) is 4.90 Å². The number of para-hydroxylation sites is 2. The van der Waals surface area contributed by atoms with Crippen molar-refractivity contribution in [1.29, 1.82) is 0 Å². The van der Waals surface area contributed by atoms with Crippen molar-refractivity contribution in [2.75, 3.05) is 49.6 Å². The zero-order valence-electron chi connectivity index (χ0n) is 15.8. The average molecular weight is 366 g/mol. The quantitative estimate of drug-likeness (QED) is 0.833. The Morgan fingerprint density at radius 1 is 1.11 bits per heavy atom. The summed E-state index contributed by atoms with van der Waals surface area (Å²) in [5.74, 6) is 0.444. The molecule has 1 saturated heterocycles. The predicted molar refractivity (Wildman–Crippen MR) is 106 cm³/mol. The highest BCUT2D eigenvalue weighted by Crippen LogP contribution is 2.34. The fraction of sp³-hybridized carbons (Fsp3) is 0.429. The summed E-state index contributed by atoms with van der Waals surface area (Å²) in [6.07, 6.45) is 2.67. The summed E-state index contributed by atoms with van der Waals surface area (Å²) in [5.41, 5.74) is 2.98. The number of anilines is 2. The van der Waals surface area contributed by atoms with Crippen LogP contribution in [0.3, 0.4) is 0 Å². The lowest BCUT2D eigenvalue weighted by molar-refractivity contribution is 0.135. The highest BCUT2D eigenvalue weighted by molar-refractivity contribution is 5.93. The Morgan fingerprint density at radius 2 is 1.93 bits per heavy atom. The molecule has 1 aromatic carbocycles. The van der Waals surface area contributed by atoms with Crippen LogP contribution in [0.4, 0.5) is 16.2 Å². The van der Waals surface area contributed by atoms with E-state index in [0.29, 0.717) is 19.1 Å². The number of rotatable bonds is 4. The van der Waals surface area contributed by atoms with Crippen LogP contribution >= 0.6 is 0 Å². The van der Waals surface area contributed by atoms with E-state index >= 15 is 0 Å². The molecule has 1 atom stereocenters. The Kier molecular flexibility index (Phi) is 5.25. The molecule has 142 valence electrons. The summed E-state index contributed by atoms with van der Waals surface area (Å²) >= 11 is 0. The Hall–Kier alpha value is -2.60. The van der Waals surface area contributed by atoms with Gasteiger partial charge >= 0.3 is 6.09 Å². The number of carbonyl (C=O) groups excluding carboxylic acids is 1. The minimum absolute atomic E-state index is 0.241. The van der Waals surface area contributed by atoms with Crippen LogP contribution in [0.25, 0.3) is 0 Å². The zero-order valence-corrected chi connectivity index (χ0v) is 15.8. The molecule has 2 aliphatic rings. The molecule has 2 aromatic rings. The second-order valence-corrected chi connectivity index (χ2v) is 7.38. The Morgan fingerprint density at radius 3 is 2.67 bits per heavy atom. The van der Waals surface area contributed by atoms with Crippen molar-refractivity contribution in [3.8, 4) is 0 Å². The number of ether oxygens (including phenoxy) is 1. The molecule has 1 amide bonds. The van der Waals surface area contributed by atoms with Gasteiger partial charge in [-0.3, -0.25) is 9.88 Å². The van der Waals surface area contributed by atoms with Crippen molar-refractivity contribution in [2.45, 2.75) is 13.0 Å². The van der Waals surface area contributed by atoms with Gasteiger partial charge in [-0.25, -0.2) is 4.79 Å². The lowest BCUT2D eigenvalue weighted by Crippen LogP contribution is -2.44. The van der Waals surface area contributed by atoms with E-state index < -0.39 is 0 Å². The lowest BCUT2D eigenvalue weighted by atomic mass is 10.1. The highest BCUT2D eigenvalue weighted by Gasteiger charge is 2.29. The van der Waals surface area contributed by atoms with Crippen LogP contribution in [0.5, 0.6) is 0 Å². The molecule has 6 heteroatoms. The van der Waals surface area contributed by atoms with E-state index in [9.17, 15) is 4.79 Å². The second-order valence-electron chi connectivity index (χ2n) is 7.38. The highest BCUT2D eigenvalue weighted by atomic mass is 16.6. The molecule has 1 fully saturated rings. The number of carbonyl (C=O) groups is 1. The summed E-state index contributed by atoms with van der Waals surface area (Å²) in [5, 5.41) is 0. The molecule has 1 aromatic heterocycles. The maximum atomic E-state index is 12.7. The number of amides is 1. The number of hydrogen-bond donors (Lipinski definition) is 0. The van der Waals surface area contributed by atoms with Crippen LogP contribution in [-0.2, 0) is 11.3 Å². The van der Waals surface area contributed by atoms with Gasteiger partial charge in [0.25, 0.3) is 0 Å². The van der Waals surface area contributed by atoms with E-state index in [4.69, 9.17) is 4.74 Å². The molecule has 2 aliphatic heterocycles. The maximum absolute atomic E-state index is 12.7. The second kappa shape index (κ2) is 7.96. The first-order valence-electron chi connectivity index (χ1n) is 9.57. The van der Waals surface area contributed by atoms with Crippen molar-refractivity contribution >= 4 is 17.5 Å². The molecule has 0 aliphatic carbocycles. The van der Waals surface area contributed by atoms with E-state index in [2.05, 4.69) is 27.9 Å². The smallest absolute Gasteiger partial charge is 0.414 e. The summed E-state index contributed by atoms with van der Waals surface area (Å²) in [7, 11) is 2.11. The lowest BCUT2D eigenvalue weighted by Gasteiger charge is -2.37. The van der Waals surface area contributed by atoms with Gasteiger partial charge in [-0.2, -0.15) is 0 Å². The number of nitrogens with zero attached hydrogens (tertiary/aromatic N) is 4. The summed E-state index contributed by atoms with van der Waals surface area (Å²) in [6, 6.07) is 14.0.